The van der Waals surface area contributed by atoms with Gasteiger partial charge in [-0.05, 0) is 12.1 Å². The van der Waals surface area contributed by atoms with Crippen molar-refractivity contribution in [3.05, 3.63) is 28.6 Å². The fourth-order valence-corrected chi connectivity index (χ4v) is 1.44. The molecule has 0 aliphatic rings. The summed E-state index contributed by atoms with van der Waals surface area (Å²) in [6.07, 6.45) is 0.707. The summed E-state index contributed by atoms with van der Waals surface area (Å²) in [6, 6.07) is 3.22. The predicted molar refractivity (Wildman–Crippen MR) is 49.1 cm³/mol. The quantitative estimate of drug-likeness (QED) is 0.657. The number of rotatable bonds is 1. The number of benzene rings is 1. The molecule has 4 heteroatoms. The summed E-state index contributed by atoms with van der Waals surface area (Å²) in [6.45, 7) is 1.72. The molecule has 0 atom stereocenters. The monoisotopic (exact) mass is 195 g/mol. The molecule has 2 rings (SSSR count). The van der Waals surface area contributed by atoms with Gasteiger partial charge in [0.15, 0.2) is 17.8 Å². The van der Waals surface area contributed by atoms with E-state index in [1.807, 2.05) is 0 Å². The summed E-state index contributed by atoms with van der Waals surface area (Å²) in [7, 11) is 0. The van der Waals surface area contributed by atoms with Crippen molar-refractivity contribution in [3.8, 4) is 0 Å². The van der Waals surface area contributed by atoms with E-state index >= 15 is 0 Å². The van der Waals surface area contributed by atoms with Gasteiger partial charge >= 0.3 is 0 Å². The van der Waals surface area contributed by atoms with Gasteiger partial charge in [0, 0.05) is 11.9 Å². The second kappa shape index (κ2) is 2.85. The van der Waals surface area contributed by atoms with Gasteiger partial charge in [-0.3, -0.25) is 4.79 Å². The molecule has 0 saturated heterocycles. The average molecular weight is 196 g/mol. The van der Waals surface area contributed by atoms with Crippen LogP contribution in [-0.2, 0) is 0 Å². The van der Waals surface area contributed by atoms with Crippen molar-refractivity contribution in [2.75, 3.05) is 0 Å². The normalized spacial score (nSPS) is 10.6. The van der Waals surface area contributed by atoms with Gasteiger partial charge in [-0.15, -0.1) is 0 Å². The number of halogens is 1. The van der Waals surface area contributed by atoms with Crippen LogP contribution in [0, 0.1) is 6.92 Å². The Hall–Kier alpha value is -1.35. The molecule has 2 aromatic rings. The van der Waals surface area contributed by atoms with E-state index in [1.165, 1.54) is 0 Å². The molecule has 66 valence electrons. The molecular formula is C9H6ClNO2. The van der Waals surface area contributed by atoms with Gasteiger partial charge in [0.25, 0.3) is 0 Å². The zero-order valence-corrected chi connectivity index (χ0v) is 7.63. The molecule has 1 heterocycles. The van der Waals surface area contributed by atoms with Crippen molar-refractivity contribution in [3.63, 3.8) is 0 Å². The van der Waals surface area contributed by atoms with Gasteiger partial charge in [-0.1, -0.05) is 11.6 Å². The third-order valence-electron chi connectivity index (χ3n) is 1.72. The van der Waals surface area contributed by atoms with E-state index in [1.54, 1.807) is 19.1 Å². The number of fused-ring (bicyclic) bond motifs is 1. The minimum Gasteiger partial charge on any atom is -0.440 e. The number of aromatic nitrogens is 1. The van der Waals surface area contributed by atoms with Gasteiger partial charge in [-0.25, -0.2) is 4.98 Å². The highest BCUT2D eigenvalue weighted by Crippen LogP contribution is 2.23. The van der Waals surface area contributed by atoms with E-state index in [9.17, 15) is 4.79 Å². The standard InChI is InChI=1S/C9H6ClNO2/c1-5-11-8-3-7(10)2-6(4-12)9(8)13-5/h2-4H,1H3. The van der Waals surface area contributed by atoms with Crippen LogP contribution in [0.15, 0.2) is 16.5 Å². The number of carbonyl (C=O) groups excluding carboxylic acids is 1. The van der Waals surface area contributed by atoms with Crippen molar-refractivity contribution in [2.24, 2.45) is 0 Å². The summed E-state index contributed by atoms with van der Waals surface area (Å²) in [5.74, 6) is 0.528. The maximum absolute atomic E-state index is 10.6. The van der Waals surface area contributed by atoms with Crippen LogP contribution in [0.1, 0.15) is 16.2 Å². The minimum atomic E-state index is 0.433. The van der Waals surface area contributed by atoms with Gasteiger partial charge in [-0.2, -0.15) is 0 Å². The minimum absolute atomic E-state index is 0.433. The third-order valence-corrected chi connectivity index (χ3v) is 1.94. The Morgan fingerprint density at radius 2 is 2.31 bits per heavy atom. The molecule has 0 N–H and O–H groups in total. The number of oxazole rings is 1. The van der Waals surface area contributed by atoms with E-state index in [4.69, 9.17) is 16.0 Å². The first-order valence-corrected chi connectivity index (χ1v) is 4.10. The second-order valence-electron chi connectivity index (χ2n) is 2.69. The van der Waals surface area contributed by atoms with Gasteiger partial charge in [0.05, 0.1) is 5.56 Å². The molecule has 0 aliphatic carbocycles. The van der Waals surface area contributed by atoms with E-state index in [2.05, 4.69) is 4.98 Å². The van der Waals surface area contributed by atoms with Crippen LogP contribution in [0.5, 0.6) is 0 Å². The first kappa shape index (κ1) is 8.26. The van der Waals surface area contributed by atoms with Crippen LogP contribution in [0.2, 0.25) is 5.02 Å². The van der Waals surface area contributed by atoms with Crippen molar-refractivity contribution >= 4 is 29.0 Å². The number of nitrogens with zero attached hydrogens (tertiary/aromatic N) is 1. The number of hydrogen-bond donors (Lipinski definition) is 0. The zero-order valence-electron chi connectivity index (χ0n) is 6.87. The van der Waals surface area contributed by atoms with Crippen LogP contribution < -0.4 is 0 Å². The predicted octanol–water partition coefficient (Wildman–Crippen LogP) is 2.60. The van der Waals surface area contributed by atoms with Crippen LogP contribution in [0.25, 0.3) is 11.1 Å². The van der Waals surface area contributed by atoms with Gasteiger partial charge in [0.2, 0.25) is 0 Å². The highest BCUT2D eigenvalue weighted by Gasteiger charge is 2.08. The Labute approximate surface area is 79.3 Å². The van der Waals surface area contributed by atoms with Crippen LogP contribution in [-0.4, -0.2) is 11.3 Å². The Kier molecular flexibility index (Phi) is 1.81. The topological polar surface area (TPSA) is 43.1 Å². The van der Waals surface area contributed by atoms with Crippen molar-refractivity contribution < 1.29 is 9.21 Å². The molecule has 0 spiro atoms. The lowest BCUT2D eigenvalue weighted by Gasteiger charge is -1.92. The Morgan fingerprint density at radius 3 is 3.00 bits per heavy atom. The summed E-state index contributed by atoms with van der Waals surface area (Å²) in [4.78, 5) is 14.7. The van der Waals surface area contributed by atoms with Crippen LogP contribution in [0.3, 0.4) is 0 Å². The van der Waals surface area contributed by atoms with E-state index in [-0.39, 0.29) is 0 Å². The lowest BCUT2D eigenvalue weighted by molar-refractivity contribution is 0.112. The van der Waals surface area contributed by atoms with Crippen molar-refractivity contribution in [1.29, 1.82) is 0 Å². The summed E-state index contributed by atoms with van der Waals surface area (Å²) in [5.41, 5.74) is 1.55. The smallest absolute Gasteiger partial charge is 0.192 e. The summed E-state index contributed by atoms with van der Waals surface area (Å²) >= 11 is 5.77. The highest BCUT2D eigenvalue weighted by atomic mass is 35.5. The largest absolute Gasteiger partial charge is 0.440 e. The lowest BCUT2D eigenvalue weighted by atomic mass is 10.2. The number of hydrogen-bond acceptors (Lipinski definition) is 3. The number of aldehydes is 1. The van der Waals surface area contributed by atoms with Crippen molar-refractivity contribution in [1.82, 2.24) is 4.98 Å². The molecule has 0 bridgehead atoms. The number of carbonyl (C=O) groups is 1. The fraction of sp³-hybridized carbons (Fsp3) is 0.111. The van der Waals surface area contributed by atoms with E-state index in [0.717, 1.165) is 0 Å². The summed E-state index contributed by atoms with van der Waals surface area (Å²) in [5, 5.41) is 0.489. The molecule has 0 saturated carbocycles. The Bertz CT molecular complexity index is 476. The Morgan fingerprint density at radius 1 is 1.54 bits per heavy atom. The average Bonchev–Trinajstić information content (AvgIpc) is 2.43. The SMILES string of the molecule is Cc1nc2cc(Cl)cc(C=O)c2o1. The molecule has 1 aromatic carbocycles. The zero-order chi connectivity index (χ0) is 9.42. The van der Waals surface area contributed by atoms with Gasteiger partial charge in [0.1, 0.15) is 5.52 Å². The maximum Gasteiger partial charge on any atom is 0.192 e. The molecule has 0 unspecified atom stereocenters. The summed E-state index contributed by atoms with van der Waals surface area (Å²) < 4.78 is 5.24. The molecule has 3 nitrogen and oxygen atoms in total. The molecule has 0 amide bonds. The molecule has 1 aromatic heterocycles. The fourth-order valence-electron chi connectivity index (χ4n) is 1.22. The van der Waals surface area contributed by atoms with E-state index in [0.29, 0.717) is 33.9 Å². The third kappa shape index (κ3) is 1.31. The van der Waals surface area contributed by atoms with E-state index < -0.39 is 0 Å². The molecule has 0 aliphatic heterocycles. The molecule has 0 fully saturated rings. The van der Waals surface area contributed by atoms with Crippen LogP contribution >= 0.6 is 11.6 Å². The van der Waals surface area contributed by atoms with Crippen LogP contribution in [0.4, 0.5) is 0 Å². The Balaban J connectivity index is 2.88. The first-order valence-electron chi connectivity index (χ1n) is 3.72. The second-order valence-corrected chi connectivity index (χ2v) is 3.13. The first-order chi connectivity index (χ1) is 6.20. The number of aryl methyl sites for hydroxylation is 1. The molecule has 13 heavy (non-hydrogen) atoms. The highest BCUT2D eigenvalue weighted by molar-refractivity contribution is 6.31. The molecular weight excluding hydrogens is 190 g/mol. The van der Waals surface area contributed by atoms with Gasteiger partial charge < -0.3 is 4.42 Å². The lowest BCUT2D eigenvalue weighted by Crippen LogP contribution is -1.80. The maximum atomic E-state index is 10.6. The molecule has 0 radical (unpaired) electrons. The van der Waals surface area contributed by atoms with Crippen molar-refractivity contribution in [2.45, 2.75) is 6.92 Å².